The van der Waals surface area contributed by atoms with Crippen molar-refractivity contribution in [2.45, 2.75) is 26.7 Å². The largest absolute Gasteiger partial charge is 0.0757 e. The first-order valence-electron chi connectivity index (χ1n) is 7.83. The van der Waals surface area contributed by atoms with E-state index in [1.807, 2.05) is 0 Å². The van der Waals surface area contributed by atoms with Crippen molar-refractivity contribution < 1.29 is 0 Å². The minimum absolute atomic E-state index is 0.335. The molecule has 0 aromatic heterocycles. The Morgan fingerprint density at radius 2 is 1.62 bits per heavy atom. The first kappa shape index (κ1) is 11.6. The second-order valence-electron chi connectivity index (χ2n) is 6.97. The molecule has 2 aromatic carbocycles. The normalized spacial score (nSPS) is 20.0. The predicted molar refractivity (Wildman–Crippen MR) is 88.1 cm³/mol. The highest BCUT2D eigenvalue weighted by molar-refractivity contribution is 5.92. The highest BCUT2D eigenvalue weighted by atomic mass is 14.5. The summed E-state index contributed by atoms with van der Waals surface area (Å²) in [6.45, 7) is 4.70. The van der Waals surface area contributed by atoms with E-state index in [1.54, 1.807) is 22.3 Å². The van der Waals surface area contributed by atoms with E-state index < -0.39 is 0 Å². The van der Waals surface area contributed by atoms with E-state index in [2.05, 4.69) is 62.4 Å². The third kappa shape index (κ3) is 1.35. The SMILES string of the molecule is CC1(C)C2=CCC(c3cccc4c3Cc3ccccc3-4)=C21. The summed E-state index contributed by atoms with van der Waals surface area (Å²) in [6.07, 6.45) is 4.65. The van der Waals surface area contributed by atoms with Crippen LogP contribution in [0.3, 0.4) is 0 Å². The summed E-state index contributed by atoms with van der Waals surface area (Å²) in [5, 5.41) is 0. The predicted octanol–water partition coefficient (Wildman–Crippen LogP) is 5.38. The van der Waals surface area contributed by atoms with Crippen molar-refractivity contribution in [2.75, 3.05) is 0 Å². The summed E-state index contributed by atoms with van der Waals surface area (Å²) in [7, 11) is 0. The number of hydrogen-bond donors (Lipinski definition) is 0. The Labute approximate surface area is 125 Å². The molecule has 0 nitrogen and oxygen atoms in total. The van der Waals surface area contributed by atoms with Gasteiger partial charge in [-0.3, -0.25) is 0 Å². The number of rotatable bonds is 1. The number of fused-ring (bicyclic) bond motifs is 4. The second kappa shape index (κ2) is 3.57. The topological polar surface area (TPSA) is 0 Å². The molecule has 5 rings (SSSR count). The summed E-state index contributed by atoms with van der Waals surface area (Å²) in [5.41, 5.74) is 12.5. The lowest BCUT2D eigenvalue weighted by Crippen LogP contribution is -1.95. The number of benzene rings is 2. The molecule has 102 valence electrons. The molecule has 0 spiro atoms. The molecule has 0 saturated heterocycles. The maximum atomic E-state index is 2.44. The summed E-state index contributed by atoms with van der Waals surface area (Å²) >= 11 is 0. The molecule has 21 heavy (non-hydrogen) atoms. The van der Waals surface area contributed by atoms with E-state index in [-0.39, 0.29) is 0 Å². The second-order valence-corrected chi connectivity index (χ2v) is 6.97. The molecule has 0 unspecified atom stereocenters. The van der Waals surface area contributed by atoms with Crippen LogP contribution < -0.4 is 0 Å². The number of hydrogen-bond acceptors (Lipinski definition) is 0. The lowest BCUT2D eigenvalue weighted by atomic mass is 9.92. The zero-order chi connectivity index (χ0) is 14.2. The Hall–Kier alpha value is -2.08. The van der Waals surface area contributed by atoms with Gasteiger partial charge in [-0.25, -0.2) is 0 Å². The van der Waals surface area contributed by atoms with Gasteiger partial charge in [0.25, 0.3) is 0 Å². The van der Waals surface area contributed by atoms with Crippen LogP contribution in [0.1, 0.15) is 37.0 Å². The van der Waals surface area contributed by atoms with Crippen LogP contribution in [0.4, 0.5) is 0 Å². The minimum Gasteiger partial charge on any atom is -0.0757 e. The smallest absolute Gasteiger partial charge is 0.0152 e. The van der Waals surface area contributed by atoms with E-state index in [9.17, 15) is 0 Å². The summed E-state index contributed by atoms with van der Waals surface area (Å²) < 4.78 is 0. The molecule has 1 fully saturated rings. The van der Waals surface area contributed by atoms with Gasteiger partial charge in [0.2, 0.25) is 0 Å². The maximum Gasteiger partial charge on any atom is 0.0152 e. The fourth-order valence-electron chi connectivity index (χ4n) is 4.39. The minimum atomic E-state index is 0.335. The summed E-state index contributed by atoms with van der Waals surface area (Å²) in [5.74, 6) is 0. The van der Waals surface area contributed by atoms with Gasteiger partial charge in [-0.2, -0.15) is 0 Å². The van der Waals surface area contributed by atoms with Gasteiger partial charge in [0.1, 0.15) is 0 Å². The maximum absolute atomic E-state index is 2.44. The van der Waals surface area contributed by atoms with Crippen molar-refractivity contribution in [1.29, 1.82) is 0 Å². The Morgan fingerprint density at radius 3 is 2.43 bits per heavy atom. The van der Waals surface area contributed by atoms with Crippen molar-refractivity contribution in [2.24, 2.45) is 5.41 Å². The van der Waals surface area contributed by atoms with E-state index in [4.69, 9.17) is 0 Å². The van der Waals surface area contributed by atoms with Crippen molar-refractivity contribution in [3.05, 3.63) is 76.4 Å². The highest BCUT2D eigenvalue weighted by Gasteiger charge is 2.50. The molecule has 1 saturated carbocycles. The zero-order valence-electron chi connectivity index (χ0n) is 12.5. The molecule has 0 bridgehead atoms. The summed E-state index contributed by atoms with van der Waals surface area (Å²) in [6, 6.07) is 15.7. The molecule has 0 amide bonds. The van der Waals surface area contributed by atoms with Crippen LogP contribution >= 0.6 is 0 Å². The van der Waals surface area contributed by atoms with Gasteiger partial charge in [-0.05, 0) is 57.4 Å². The fraction of sp³-hybridized carbons (Fsp3) is 0.238. The average molecular weight is 270 g/mol. The highest BCUT2D eigenvalue weighted by Crippen LogP contribution is 2.64. The third-order valence-electron chi connectivity index (χ3n) is 5.49. The molecular weight excluding hydrogens is 252 g/mol. The van der Waals surface area contributed by atoms with Crippen LogP contribution in [-0.2, 0) is 6.42 Å². The Kier molecular flexibility index (Phi) is 1.96. The van der Waals surface area contributed by atoms with Crippen molar-refractivity contribution in [3.8, 4) is 11.1 Å². The third-order valence-corrected chi connectivity index (χ3v) is 5.49. The van der Waals surface area contributed by atoms with Crippen LogP contribution in [0.2, 0.25) is 0 Å². The Balaban J connectivity index is 1.72. The van der Waals surface area contributed by atoms with Crippen LogP contribution in [0.15, 0.2) is 59.7 Å². The molecule has 0 radical (unpaired) electrons. The lowest BCUT2D eigenvalue weighted by molar-refractivity contribution is 0.734. The van der Waals surface area contributed by atoms with Crippen LogP contribution in [0.5, 0.6) is 0 Å². The van der Waals surface area contributed by atoms with Gasteiger partial charge in [0.05, 0.1) is 0 Å². The van der Waals surface area contributed by atoms with Crippen molar-refractivity contribution >= 4 is 5.57 Å². The lowest BCUT2D eigenvalue weighted by Gasteiger charge is -2.12. The van der Waals surface area contributed by atoms with Crippen LogP contribution in [0, 0.1) is 5.41 Å². The first-order valence-corrected chi connectivity index (χ1v) is 7.83. The fourth-order valence-corrected chi connectivity index (χ4v) is 4.39. The van der Waals surface area contributed by atoms with Gasteiger partial charge in [-0.1, -0.05) is 62.4 Å². The first-order chi connectivity index (χ1) is 10.2. The molecule has 0 heteroatoms. The molecule has 3 aliphatic carbocycles. The molecule has 0 aliphatic heterocycles. The molecule has 0 atom stereocenters. The standard InChI is InChI=1S/C21H18/c1-21(2)19-11-10-17(20(19)21)16-9-5-8-15-14-7-4-3-6-13(14)12-18(15)16/h3-9,11H,10,12H2,1-2H3. The summed E-state index contributed by atoms with van der Waals surface area (Å²) in [4.78, 5) is 0. The molecular formula is C21H18. The van der Waals surface area contributed by atoms with Crippen molar-refractivity contribution in [3.63, 3.8) is 0 Å². The van der Waals surface area contributed by atoms with Gasteiger partial charge in [-0.15, -0.1) is 0 Å². The van der Waals surface area contributed by atoms with E-state index >= 15 is 0 Å². The Morgan fingerprint density at radius 1 is 0.857 bits per heavy atom. The molecule has 3 aliphatic rings. The van der Waals surface area contributed by atoms with Gasteiger partial charge < -0.3 is 0 Å². The van der Waals surface area contributed by atoms with E-state index in [1.165, 1.54) is 22.3 Å². The van der Waals surface area contributed by atoms with Crippen molar-refractivity contribution in [1.82, 2.24) is 0 Å². The van der Waals surface area contributed by atoms with E-state index in [0.717, 1.165) is 12.8 Å². The van der Waals surface area contributed by atoms with Gasteiger partial charge in [0.15, 0.2) is 0 Å². The monoisotopic (exact) mass is 270 g/mol. The quantitative estimate of drug-likeness (QED) is 0.557. The van der Waals surface area contributed by atoms with Crippen LogP contribution in [0.25, 0.3) is 16.7 Å². The average Bonchev–Trinajstić information content (AvgIpc) is 2.91. The van der Waals surface area contributed by atoms with E-state index in [0.29, 0.717) is 5.41 Å². The van der Waals surface area contributed by atoms with Crippen LogP contribution in [-0.4, -0.2) is 0 Å². The zero-order valence-corrected chi connectivity index (χ0v) is 12.5. The van der Waals surface area contributed by atoms with Gasteiger partial charge >= 0.3 is 0 Å². The van der Waals surface area contributed by atoms with Gasteiger partial charge in [0, 0.05) is 5.41 Å². The molecule has 2 aromatic rings. The Bertz CT molecular complexity index is 859. The molecule has 0 heterocycles. The number of allylic oxidation sites excluding steroid dienone is 4. The molecule has 0 N–H and O–H groups in total.